The summed E-state index contributed by atoms with van der Waals surface area (Å²) in [5.41, 5.74) is 2.49. The zero-order chi connectivity index (χ0) is 21.5. The van der Waals surface area contributed by atoms with E-state index in [1.165, 1.54) is 0 Å². The lowest BCUT2D eigenvalue weighted by Gasteiger charge is -2.29. The first-order chi connectivity index (χ1) is 14.5. The van der Waals surface area contributed by atoms with Gasteiger partial charge in [0, 0.05) is 23.8 Å². The minimum atomic E-state index is -0.638. The van der Waals surface area contributed by atoms with Crippen LogP contribution in [-0.4, -0.2) is 32.3 Å². The third-order valence-electron chi connectivity index (χ3n) is 4.67. The summed E-state index contributed by atoms with van der Waals surface area (Å²) in [4.78, 5) is 25.1. The van der Waals surface area contributed by atoms with E-state index in [1.807, 2.05) is 36.4 Å². The largest absolute Gasteiger partial charge is 0.497 e. The molecule has 0 saturated carbocycles. The van der Waals surface area contributed by atoms with Crippen LogP contribution in [0.3, 0.4) is 0 Å². The predicted molar refractivity (Wildman–Crippen MR) is 114 cm³/mol. The van der Waals surface area contributed by atoms with Gasteiger partial charge in [-0.2, -0.15) is 0 Å². The van der Waals surface area contributed by atoms with E-state index < -0.39 is 18.0 Å². The maximum Gasteiger partial charge on any atom is 0.338 e. The summed E-state index contributed by atoms with van der Waals surface area (Å²) in [6.45, 7) is 2.71. The minimum absolute atomic E-state index is 0.228. The number of benzene rings is 2. The first-order valence-corrected chi connectivity index (χ1v) is 9.97. The highest BCUT2D eigenvalue weighted by molar-refractivity contribution is 6.31. The average molecular weight is 430 g/mol. The van der Waals surface area contributed by atoms with Crippen LogP contribution >= 0.6 is 11.6 Å². The third-order valence-corrected chi connectivity index (χ3v) is 5.04. The molecule has 7 nitrogen and oxygen atoms in total. The van der Waals surface area contributed by atoms with Crippen LogP contribution in [0.25, 0.3) is 0 Å². The summed E-state index contributed by atoms with van der Waals surface area (Å²) < 4.78 is 10.5. The van der Waals surface area contributed by atoms with Crippen molar-refractivity contribution in [3.05, 3.63) is 76.0 Å². The lowest BCUT2D eigenvalue weighted by Crippen LogP contribution is -2.48. The lowest BCUT2D eigenvalue weighted by atomic mass is 9.95. The molecule has 0 fully saturated rings. The Balaban J connectivity index is 1.88. The normalized spacial score (nSPS) is 16.0. The van der Waals surface area contributed by atoms with E-state index in [2.05, 4.69) is 16.0 Å². The Hall–Kier alpha value is -3.03. The van der Waals surface area contributed by atoms with Gasteiger partial charge in [-0.3, -0.25) is 0 Å². The van der Waals surface area contributed by atoms with Gasteiger partial charge >= 0.3 is 12.0 Å². The molecule has 0 bridgehead atoms. The molecule has 0 aliphatic carbocycles. The van der Waals surface area contributed by atoms with Gasteiger partial charge in [0.25, 0.3) is 0 Å². The molecular weight excluding hydrogens is 406 g/mol. The molecule has 2 amide bonds. The van der Waals surface area contributed by atoms with Gasteiger partial charge in [-0.25, -0.2) is 9.59 Å². The molecule has 1 aliphatic heterocycles. The zero-order valence-corrected chi connectivity index (χ0v) is 17.6. The average Bonchev–Trinajstić information content (AvgIpc) is 2.75. The molecule has 1 heterocycles. The van der Waals surface area contributed by atoms with E-state index in [-0.39, 0.29) is 13.2 Å². The van der Waals surface area contributed by atoms with Crippen molar-refractivity contribution in [3.8, 4) is 5.75 Å². The van der Waals surface area contributed by atoms with E-state index >= 15 is 0 Å². The van der Waals surface area contributed by atoms with Crippen molar-refractivity contribution >= 4 is 23.6 Å². The van der Waals surface area contributed by atoms with E-state index in [9.17, 15) is 9.59 Å². The smallest absolute Gasteiger partial charge is 0.338 e. The van der Waals surface area contributed by atoms with Gasteiger partial charge in [0.2, 0.25) is 0 Å². The second kappa shape index (κ2) is 10.1. The van der Waals surface area contributed by atoms with E-state index in [1.54, 1.807) is 26.2 Å². The van der Waals surface area contributed by atoms with E-state index in [0.29, 0.717) is 28.6 Å². The van der Waals surface area contributed by atoms with Crippen LogP contribution < -0.4 is 20.7 Å². The Morgan fingerprint density at radius 2 is 1.87 bits per heavy atom. The topological polar surface area (TPSA) is 88.7 Å². The van der Waals surface area contributed by atoms with Crippen molar-refractivity contribution in [1.29, 1.82) is 0 Å². The number of esters is 1. The second-order valence-corrected chi connectivity index (χ2v) is 7.02. The van der Waals surface area contributed by atoms with Crippen LogP contribution in [-0.2, 0) is 16.1 Å². The quantitative estimate of drug-likeness (QED) is 0.560. The monoisotopic (exact) mass is 429 g/mol. The molecule has 3 N–H and O–H groups in total. The van der Waals surface area contributed by atoms with Crippen LogP contribution in [0, 0.1) is 0 Å². The summed E-state index contributed by atoms with van der Waals surface area (Å²) >= 11 is 6.20. The SMILES string of the molecule is CCOC(=O)C1=C(CNCc2ccccc2Cl)NC(=O)N[C@H]1c1ccc(OC)cc1. The molecule has 2 aromatic carbocycles. The summed E-state index contributed by atoms with van der Waals surface area (Å²) in [5, 5.41) is 9.43. The molecule has 1 aliphatic rings. The van der Waals surface area contributed by atoms with Crippen LogP contribution in [0.15, 0.2) is 59.8 Å². The van der Waals surface area contributed by atoms with Crippen LogP contribution in [0.1, 0.15) is 24.1 Å². The Bertz CT molecular complexity index is 944. The second-order valence-electron chi connectivity index (χ2n) is 6.61. The Morgan fingerprint density at radius 1 is 1.13 bits per heavy atom. The summed E-state index contributed by atoms with van der Waals surface area (Å²) in [6, 6.07) is 13.6. The number of hydrogen-bond acceptors (Lipinski definition) is 5. The number of carbonyl (C=O) groups excluding carboxylic acids is 2. The van der Waals surface area contributed by atoms with Gasteiger partial charge in [-0.1, -0.05) is 41.9 Å². The van der Waals surface area contributed by atoms with E-state index in [0.717, 1.165) is 11.1 Å². The maximum atomic E-state index is 12.8. The van der Waals surface area contributed by atoms with Crippen LogP contribution in [0.2, 0.25) is 5.02 Å². The highest BCUT2D eigenvalue weighted by Gasteiger charge is 2.33. The number of halogens is 1. The lowest BCUT2D eigenvalue weighted by molar-refractivity contribution is -0.139. The Morgan fingerprint density at radius 3 is 2.53 bits per heavy atom. The van der Waals surface area contributed by atoms with Gasteiger partial charge in [0.15, 0.2) is 0 Å². The Kier molecular flexibility index (Phi) is 7.32. The predicted octanol–water partition coefficient (Wildman–Crippen LogP) is 3.31. The molecule has 0 unspecified atom stereocenters. The molecule has 2 aromatic rings. The van der Waals surface area contributed by atoms with Gasteiger partial charge in [0.1, 0.15) is 5.75 Å². The number of nitrogens with one attached hydrogen (secondary N) is 3. The molecule has 8 heteroatoms. The van der Waals surface area contributed by atoms with Crippen LogP contribution in [0.4, 0.5) is 4.79 Å². The van der Waals surface area contributed by atoms with Crippen molar-refractivity contribution in [2.75, 3.05) is 20.3 Å². The molecule has 0 saturated heterocycles. The van der Waals surface area contributed by atoms with Crippen molar-refractivity contribution in [2.45, 2.75) is 19.5 Å². The molecule has 0 spiro atoms. The number of methoxy groups -OCH3 is 1. The molecule has 1 atom stereocenters. The maximum absolute atomic E-state index is 12.8. The van der Waals surface area contributed by atoms with Crippen molar-refractivity contribution < 1.29 is 19.1 Å². The van der Waals surface area contributed by atoms with Crippen molar-refractivity contribution in [1.82, 2.24) is 16.0 Å². The van der Waals surface area contributed by atoms with Gasteiger partial charge < -0.3 is 25.4 Å². The fourth-order valence-electron chi connectivity index (χ4n) is 3.22. The number of urea groups is 1. The van der Waals surface area contributed by atoms with Crippen molar-refractivity contribution in [3.63, 3.8) is 0 Å². The van der Waals surface area contributed by atoms with Gasteiger partial charge in [0.05, 0.1) is 25.3 Å². The van der Waals surface area contributed by atoms with E-state index in [4.69, 9.17) is 21.1 Å². The fourth-order valence-corrected chi connectivity index (χ4v) is 3.42. The number of rotatable bonds is 8. The highest BCUT2D eigenvalue weighted by atomic mass is 35.5. The molecular formula is C22H24ClN3O4. The van der Waals surface area contributed by atoms with Crippen LogP contribution in [0.5, 0.6) is 5.75 Å². The standard InChI is InChI=1S/C22H24ClN3O4/c1-3-30-21(27)19-18(13-24-12-15-6-4-5-7-17(15)23)25-22(28)26-20(19)14-8-10-16(29-2)11-9-14/h4-11,20,24H,3,12-13H2,1-2H3,(H2,25,26,28)/t20-/m0/s1. The highest BCUT2D eigenvalue weighted by Crippen LogP contribution is 2.29. The third kappa shape index (κ3) is 5.11. The van der Waals surface area contributed by atoms with Crippen molar-refractivity contribution in [2.24, 2.45) is 0 Å². The molecule has 158 valence electrons. The molecule has 3 rings (SSSR count). The summed E-state index contributed by atoms with van der Waals surface area (Å²) in [5.74, 6) is 0.197. The number of hydrogen-bond donors (Lipinski definition) is 3. The molecule has 0 aromatic heterocycles. The number of ether oxygens (including phenoxy) is 2. The summed E-state index contributed by atoms with van der Waals surface area (Å²) in [6.07, 6.45) is 0. The zero-order valence-electron chi connectivity index (χ0n) is 16.8. The number of carbonyl (C=O) groups is 2. The first kappa shape index (κ1) is 21.7. The minimum Gasteiger partial charge on any atom is -0.497 e. The van der Waals surface area contributed by atoms with Gasteiger partial charge in [-0.05, 0) is 36.2 Å². The Labute approximate surface area is 180 Å². The molecule has 0 radical (unpaired) electrons. The summed E-state index contributed by atoms with van der Waals surface area (Å²) in [7, 11) is 1.58. The molecule has 30 heavy (non-hydrogen) atoms. The van der Waals surface area contributed by atoms with Gasteiger partial charge in [-0.15, -0.1) is 0 Å². The fraction of sp³-hybridized carbons (Fsp3) is 0.273. The first-order valence-electron chi connectivity index (χ1n) is 9.59. The number of amides is 2.